The van der Waals surface area contributed by atoms with Crippen LogP contribution in [-0.4, -0.2) is 66.5 Å². The van der Waals surface area contributed by atoms with Crippen LogP contribution in [0.3, 0.4) is 0 Å². The minimum atomic E-state index is -0.462. The van der Waals surface area contributed by atoms with Gasteiger partial charge in [-0.05, 0) is 56.2 Å². The third-order valence-corrected chi connectivity index (χ3v) is 7.84. The number of hydrogen-bond donors (Lipinski definition) is 1. The molecule has 3 unspecified atom stereocenters. The van der Waals surface area contributed by atoms with Crippen molar-refractivity contribution in [2.45, 2.75) is 38.5 Å². The number of allylic oxidation sites excluding steroid dienone is 3. The molecule has 3 amide bonds. The summed E-state index contributed by atoms with van der Waals surface area (Å²) in [6, 6.07) is 11.8. The van der Waals surface area contributed by atoms with Gasteiger partial charge in [-0.1, -0.05) is 47.5 Å². The number of rotatable bonds is 6. The van der Waals surface area contributed by atoms with E-state index in [1.165, 1.54) is 0 Å². The molecule has 0 spiro atoms. The lowest BCUT2D eigenvalue weighted by molar-refractivity contribution is -0.123. The molecule has 8 nitrogen and oxygen atoms in total. The number of carbonyl (C=O) groups is 2. The van der Waals surface area contributed by atoms with E-state index in [1.807, 2.05) is 68.5 Å². The number of methoxy groups -OCH3 is 1. The van der Waals surface area contributed by atoms with Crippen LogP contribution >= 0.6 is 23.2 Å². The minimum Gasteiger partial charge on any atom is -0.497 e. The molecule has 1 N–H and O–H groups in total. The van der Waals surface area contributed by atoms with Crippen LogP contribution < -0.4 is 14.8 Å². The second-order valence-electron chi connectivity index (χ2n) is 10.2. The standard InChI is InChI=1S/C30H32Cl2N4O4/c1-18(2)40-25-16-21(39-3)12-13-23(25)29-34-27(19-8-10-20(31)11-9-19)28(22-6-4-5-7-24(22)32)36(29)30(38)35-15-14-33-26(37)17-35/h4-5,7-13,16,18,22,27-28H,6,14-15,17H2,1-3H3,(H,33,37). The molecule has 0 radical (unpaired) electrons. The summed E-state index contributed by atoms with van der Waals surface area (Å²) in [7, 11) is 1.59. The van der Waals surface area contributed by atoms with Crippen molar-refractivity contribution < 1.29 is 19.1 Å². The fourth-order valence-electron chi connectivity index (χ4n) is 5.35. The smallest absolute Gasteiger partial charge is 0.326 e. The summed E-state index contributed by atoms with van der Waals surface area (Å²) in [5.41, 5.74) is 1.55. The van der Waals surface area contributed by atoms with Gasteiger partial charge in [0.05, 0.1) is 30.9 Å². The first kappa shape index (κ1) is 28.1. The average molecular weight is 584 g/mol. The molecule has 10 heteroatoms. The summed E-state index contributed by atoms with van der Waals surface area (Å²) in [6.07, 6.45) is 6.34. The number of hydrogen-bond acceptors (Lipinski definition) is 5. The Balaban J connectivity index is 1.69. The van der Waals surface area contributed by atoms with Crippen molar-refractivity contribution in [3.05, 3.63) is 81.9 Å². The third-order valence-electron chi connectivity index (χ3n) is 7.18. The van der Waals surface area contributed by atoms with Gasteiger partial charge in [-0.25, -0.2) is 4.79 Å². The normalized spacial score (nSPS) is 22.6. The predicted molar refractivity (Wildman–Crippen MR) is 156 cm³/mol. The molecule has 1 fully saturated rings. The van der Waals surface area contributed by atoms with Crippen molar-refractivity contribution >= 4 is 41.0 Å². The number of nitrogens with zero attached hydrogens (tertiary/aromatic N) is 3. The number of amidine groups is 1. The lowest BCUT2D eigenvalue weighted by Crippen LogP contribution is -2.57. The van der Waals surface area contributed by atoms with Gasteiger partial charge in [0.25, 0.3) is 0 Å². The van der Waals surface area contributed by atoms with Crippen molar-refractivity contribution in [1.82, 2.24) is 15.1 Å². The van der Waals surface area contributed by atoms with E-state index in [-0.39, 0.29) is 30.5 Å². The number of benzene rings is 2. The zero-order valence-corrected chi connectivity index (χ0v) is 24.2. The van der Waals surface area contributed by atoms with Crippen molar-refractivity contribution in [3.63, 3.8) is 0 Å². The van der Waals surface area contributed by atoms with Gasteiger partial charge < -0.3 is 19.7 Å². The Kier molecular flexibility index (Phi) is 8.38. The van der Waals surface area contributed by atoms with Gasteiger partial charge in [0, 0.05) is 35.1 Å². The van der Waals surface area contributed by atoms with E-state index in [2.05, 4.69) is 5.32 Å². The summed E-state index contributed by atoms with van der Waals surface area (Å²) in [4.78, 5) is 35.2. The maximum Gasteiger partial charge on any atom is 0.326 e. The Labute approximate surface area is 244 Å². The van der Waals surface area contributed by atoms with E-state index in [4.69, 9.17) is 37.7 Å². The fraction of sp³-hybridized carbons (Fsp3) is 0.367. The van der Waals surface area contributed by atoms with Crippen LogP contribution in [0.2, 0.25) is 5.02 Å². The summed E-state index contributed by atoms with van der Waals surface area (Å²) < 4.78 is 11.7. The summed E-state index contributed by atoms with van der Waals surface area (Å²) >= 11 is 13.1. The van der Waals surface area contributed by atoms with Crippen molar-refractivity contribution in [2.24, 2.45) is 10.9 Å². The second-order valence-corrected chi connectivity index (χ2v) is 11.1. The molecule has 1 aliphatic carbocycles. The number of aliphatic imine (C=N–C) groups is 1. The molecule has 40 heavy (non-hydrogen) atoms. The van der Waals surface area contributed by atoms with Crippen LogP contribution in [0.5, 0.6) is 11.5 Å². The quantitative estimate of drug-likeness (QED) is 0.483. The van der Waals surface area contributed by atoms with Gasteiger partial charge in [0.2, 0.25) is 5.91 Å². The number of urea groups is 1. The molecule has 210 valence electrons. The fourth-order valence-corrected chi connectivity index (χ4v) is 5.76. The van der Waals surface area contributed by atoms with Gasteiger partial charge in [-0.15, -0.1) is 0 Å². The molecule has 0 aromatic heterocycles. The predicted octanol–water partition coefficient (Wildman–Crippen LogP) is 5.56. The lowest BCUT2D eigenvalue weighted by atomic mass is 9.84. The van der Waals surface area contributed by atoms with Crippen molar-refractivity contribution in [3.8, 4) is 11.5 Å². The SMILES string of the molecule is COc1ccc(C2=NC(c3ccc(Cl)cc3)C(C3CC=CC=C3Cl)N2C(=O)N2CCNC(=O)C2)c(OC(C)C)c1. The van der Waals surface area contributed by atoms with Crippen LogP contribution in [0.4, 0.5) is 4.79 Å². The number of halogens is 2. The molecule has 3 aliphatic rings. The van der Waals surface area contributed by atoms with Crippen LogP contribution in [0, 0.1) is 5.92 Å². The molecular weight excluding hydrogens is 551 g/mol. The Morgan fingerprint density at radius 2 is 1.93 bits per heavy atom. The van der Waals surface area contributed by atoms with Crippen LogP contribution in [0.25, 0.3) is 0 Å². The Morgan fingerprint density at radius 3 is 2.60 bits per heavy atom. The van der Waals surface area contributed by atoms with Gasteiger partial charge in [-0.2, -0.15) is 0 Å². The Morgan fingerprint density at radius 1 is 1.15 bits per heavy atom. The highest BCUT2D eigenvalue weighted by Crippen LogP contribution is 2.44. The molecule has 2 aromatic carbocycles. The van der Waals surface area contributed by atoms with E-state index in [0.717, 1.165) is 5.56 Å². The van der Waals surface area contributed by atoms with Crippen LogP contribution in [0.1, 0.15) is 37.4 Å². The van der Waals surface area contributed by atoms with Gasteiger partial charge in [0.15, 0.2) is 0 Å². The lowest BCUT2D eigenvalue weighted by Gasteiger charge is -2.39. The molecule has 2 aromatic rings. The molecule has 0 bridgehead atoms. The molecule has 3 atom stereocenters. The summed E-state index contributed by atoms with van der Waals surface area (Å²) in [6.45, 7) is 4.61. The molecule has 5 rings (SSSR count). The number of carbonyl (C=O) groups excluding carboxylic acids is 2. The monoisotopic (exact) mass is 582 g/mol. The largest absolute Gasteiger partial charge is 0.497 e. The maximum absolute atomic E-state index is 14.4. The molecule has 2 heterocycles. The van der Waals surface area contributed by atoms with E-state index in [9.17, 15) is 9.59 Å². The first-order valence-corrected chi connectivity index (χ1v) is 14.1. The number of nitrogens with one attached hydrogen (secondary N) is 1. The average Bonchev–Trinajstić information content (AvgIpc) is 3.33. The molecule has 0 saturated carbocycles. The first-order valence-electron chi connectivity index (χ1n) is 13.3. The number of ether oxygens (including phenoxy) is 2. The van der Waals surface area contributed by atoms with Gasteiger partial charge in [-0.3, -0.25) is 14.7 Å². The zero-order chi connectivity index (χ0) is 28.4. The zero-order valence-electron chi connectivity index (χ0n) is 22.6. The van der Waals surface area contributed by atoms with E-state index >= 15 is 0 Å². The second kappa shape index (κ2) is 11.9. The Hall–Kier alpha value is -3.49. The van der Waals surface area contributed by atoms with Gasteiger partial charge >= 0.3 is 6.03 Å². The Bertz CT molecular complexity index is 1370. The summed E-state index contributed by atoms with van der Waals surface area (Å²) in [5, 5.41) is 4.05. The van der Waals surface area contributed by atoms with Crippen LogP contribution in [0.15, 0.2) is 70.7 Å². The van der Waals surface area contributed by atoms with Crippen LogP contribution in [-0.2, 0) is 4.79 Å². The maximum atomic E-state index is 14.4. The van der Waals surface area contributed by atoms with Crippen molar-refractivity contribution in [1.29, 1.82) is 0 Å². The van der Waals surface area contributed by atoms with Crippen molar-refractivity contribution in [2.75, 3.05) is 26.7 Å². The summed E-state index contributed by atoms with van der Waals surface area (Å²) in [5.74, 6) is 1.21. The molecular formula is C30H32Cl2N4O4. The first-order chi connectivity index (χ1) is 19.3. The highest BCUT2D eigenvalue weighted by Gasteiger charge is 2.48. The van der Waals surface area contributed by atoms with E-state index in [0.29, 0.717) is 52.5 Å². The van der Waals surface area contributed by atoms with E-state index in [1.54, 1.807) is 23.0 Å². The van der Waals surface area contributed by atoms with E-state index < -0.39 is 12.1 Å². The molecule has 1 saturated heterocycles. The minimum absolute atomic E-state index is 0.0347. The molecule has 2 aliphatic heterocycles. The topological polar surface area (TPSA) is 83.5 Å². The highest BCUT2D eigenvalue weighted by atomic mass is 35.5. The number of amides is 3. The van der Waals surface area contributed by atoms with Gasteiger partial charge in [0.1, 0.15) is 23.9 Å². The highest BCUT2D eigenvalue weighted by molar-refractivity contribution is 6.30. The third kappa shape index (κ3) is 5.69. The number of piperazine rings is 1.